The molecule has 2 aliphatic rings. The van der Waals surface area contributed by atoms with Gasteiger partial charge in [-0.15, -0.1) is 0 Å². The Morgan fingerprint density at radius 1 is 1.07 bits per heavy atom. The van der Waals surface area contributed by atoms with Crippen LogP contribution in [0.1, 0.15) is 78.9 Å². The van der Waals surface area contributed by atoms with Gasteiger partial charge in [-0.05, 0) is 55.2 Å². The minimum atomic E-state index is -0.358. The topological polar surface area (TPSA) is 3.88 Å². The molecule has 30 heavy (non-hydrogen) atoms. The predicted molar refractivity (Wildman–Crippen MR) is 124 cm³/mol. The van der Waals surface area contributed by atoms with Crippen molar-refractivity contribution >= 4 is 11.6 Å². The van der Waals surface area contributed by atoms with Gasteiger partial charge in [-0.2, -0.15) is 4.57 Å². The van der Waals surface area contributed by atoms with Crippen molar-refractivity contribution in [1.29, 1.82) is 0 Å². The van der Waals surface area contributed by atoms with Crippen LogP contribution in [0.4, 0.5) is 4.39 Å². The zero-order valence-electron chi connectivity index (χ0n) is 19.6. The summed E-state index contributed by atoms with van der Waals surface area (Å²) in [4.78, 5) is 0. The number of benzene rings is 1. The van der Waals surface area contributed by atoms with Crippen LogP contribution in [0.15, 0.2) is 37.1 Å². The second-order valence-corrected chi connectivity index (χ2v) is 9.62. The van der Waals surface area contributed by atoms with Crippen molar-refractivity contribution in [2.75, 3.05) is 0 Å². The molecule has 0 amide bonds. The maximum atomic E-state index is 15.6. The van der Waals surface area contributed by atoms with E-state index in [1.165, 1.54) is 27.3 Å². The molecule has 1 aliphatic carbocycles. The number of rotatable bonds is 4. The Morgan fingerprint density at radius 3 is 2.30 bits per heavy atom. The molecular weight excluding hydrogens is 369 g/mol. The van der Waals surface area contributed by atoms with Crippen molar-refractivity contribution in [3.8, 4) is 11.3 Å². The number of hydrogen-bond donors (Lipinski definition) is 0. The molecule has 1 aliphatic heterocycles. The maximum absolute atomic E-state index is 15.6. The smallest absolute Gasteiger partial charge is 0.207 e. The van der Waals surface area contributed by atoms with Gasteiger partial charge >= 0.3 is 0 Å². The first-order chi connectivity index (χ1) is 14.2. The lowest BCUT2D eigenvalue weighted by Gasteiger charge is -2.49. The molecule has 2 aromatic rings. The number of nitrogens with zero attached hydrogens (tertiary/aromatic N) is 1. The van der Waals surface area contributed by atoms with E-state index in [1.807, 2.05) is 6.07 Å². The summed E-state index contributed by atoms with van der Waals surface area (Å²) in [7, 11) is 0. The average molecular weight is 405 g/mol. The van der Waals surface area contributed by atoms with Crippen LogP contribution in [0.25, 0.3) is 22.9 Å². The van der Waals surface area contributed by atoms with Gasteiger partial charge in [0.15, 0.2) is 11.7 Å². The van der Waals surface area contributed by atoms with E-state index in [1.54, 1.807) is 6.07 Å². The van der Waals surface area contributed by atoms with Gasteiger partial charge in [0.05, 0.1) is 16.2 Å². The quantitative estimate of drug-likeness (QED) is 0.474. The molecule has 158 valence electrons. The van der Waals surface area contributed by atoms with Gasteiger partial charge in [0.2, 0.25) is 5.69 Å². The molecule has 0 fully saturated rings. The lowest BCUT2D eigenvalue weighted by molar-refractivity contribution is -0.756. The summed E-state index contributed by atoms with van der Waals surface area (Å²) in [6.45, 7) is 19.9. The molecular formula is C28H35FN+. The molecule has 0 bridgehead atoms. The van der Waals surface area contributed by atoms with E-state index in [-0.39, 0.29) is 22.2 Å². The second-order valence-electron chi connectivity index (χ2n) is 9.62. The summed E-state index contributed by atoms with van der Waals surface area (Å²) in [5, 5.41) is 2.53. The first-order valence-corrected chi connectivity index (χ1v) is 11.4. The molecule has 1 aromatic carbocycles. The fourth-order valence-corrected chi connectivity index (χ4v) is 6.71. The van der Waals surface area contributed by atoms with Gasteiger partial charge in [-0.25, -0.2) is 4.39 Å². The Hall–Kier alpha value is -2.22. The molecule has 2 heteroatoms. The van der Waals surface area contributed by atoms with Crippen molar-refractivity contribution in [1.82, 2.24) is 0 Å². The molecule has 1 nitrogen and oxygen atoms in total. The van der Waals surface area contributed by atoms with Crippen molar-refractivity contribution in [2.24, 2.45) is 0 Å². The van der Waals surface area contributed by atoms with Crippen molar-refractivity contribution < 1.29 is 8.96 Å². The molecule has 0 N–H and O–H groups in total. The summed E-state index contributed by atoms with van der Waals surface area (Å²) >= 11 is 0. The molecule has 1 aromatic heterocycles. The van der Waals surface area contributed by atoms with Crippen LogP contribution in [0.3, 0.4) is 0 Å². The second kappa shape index (κ2) is 6.64. The van der Waals surface area contributed by atoms with E-state index in [2.05, 4.69) is 84.0 Å². The summed E-state index contributed by atoms with van der Waals surface area (Å²) < 4.78 is 18.0. The van der Waals surface area contributed by atoms with Crippen molar-refractivity contribution in [3.63, 3.8) is 0 Å². The minimum absolute atomic E-state index is 0.0890. The van der Waals surface area contributed by atoms with E-state index >= 15 is 4.39 Å². The van der Waals surface area contributed by atoms with Crippen LogP contribution in [-0.2, 0) is 16.4 Å². The monoisotopic (exact) mass is 404 g/mol. The van der Waals surface area contributed by atoms with Crippen LogP contribution < -0.4 is 15.0 Å². The Labute approximate surface area is 180 Å². The lowest BCUT2D eigenvalue weighted by Crippen LogP contribution is -2.71. The highest BCUT2D eigenvalue weighted by molar-refractivity contribution is 5.82. The van der Waals surface area contributed by atoms with Gasteiger partial charge in [0, 0.05) is 23.5 Å². The van der Waals surface area contributed by atoms with Crippen LogP contribution in [-0.4, -0.2) is 0 Å². The van der Waals surface area contributed by atoms with Gasteiger partial charge in [-0.3, -0.25) is 0 Å². The zero-order valence-corrected chi connectivity index (χ0v) is 19.6. The highest BCUT2D eigenvalue weighted by Gasteiger charge is 2.60. The number of hydrogen-bond acceptors (Lipinski definition) is 0. The van der Waals surface area contributed by atoms with E-state index < -0.39 is 0 Å². The Bertz CT molecular complexity index is 1190. The summed E-state index contributed by atoms with van der Waals surface area (Å²) in [5.74, 6) is -0.0890. The zero-order chi connectivity index (χ0) is 22.1. The van der Waals surface area contributed by atoms with E-state index in [0.717, 1.165) is 30.4 Å². The number of halogens is 1. The average Bonchev–Trinajstić information content (AvgIpc) is 2.73. The maximum Gasteiger partial charge on any atom is 0.221 e. The first-order valence-electron chi connectivity index (χ1n) is 11.4. The van der Waals surface area contributed by atoms with Crippen molar-refractivity contribution in [3.05, 3.63) is 64.4 Å². The highest BCUT2D eigenvalue weighted by Crippen LogP contribution is 2.54. The van der Waals surface area contributed by atoms with Crippen LogP contribution in [0.2, 0.25) is 0 Å². The third kappa shape index (κ3) is 2.15. The fraction of sp³-hybridized carbons (Fsp3) is 0.464. The largest absolute Gasteiger partial charge is 0.221 e. The van der Waals surface area contributed by atoms with Gasteiger partial charge in [0.25, 0.3) is 0 Å². The highest BCUT2D eigenvalue weighted by atomic mass is 19.1. The number of allylic oxidation sites excluding steroid dienone is 1. The standard InChI is InChI=1S/C28H35FN/c1-9-18-16-17-30-25-22(18)19(10-2)26(6,7)24-21(29)15-14-20(23(24)25)27(8,11-3)28(30,12-4)13-5/h9,12,14-17H,4,10-11,13H2,1-3,5-8H3/q+1. The Kier molecular flexibility index (Phi) is 4.65. The molecule has 4 rings (SSSR count). The summed E-state index contributed by atoms with van der Waals surface area (Å²) in [6.07, 6.45) is 9.34. The molecule has 2 heterocycles. The Morgan fingerprint density at radius 2 is 1.77 bits per heavy atom. The van der Waals surface area contributed by atoms with Crippen LogP contribution in [0, 0.1) is 5.82 Å². The first kappa shape index (κ1) is 21.0. The number of aromatic nitrogens is 1. The molecule has 0 spiro atoms. The summed E-state index contributed by atoms with van der Waals surface area (Å²) in [5.41, 5.74) is 4.94. The molecule has 0 saturated carbocycles. The third-order valence-electron chi connectivity index (χ3n) is 8.47. The normalized spacial score (nSPS) is 26.5. The van der Waals surface area contributed by atoms with Crippen LogP contribution >= 0.6 is 0 Å². The van der Waals surface area contributed by atoms with Crippen LogP contribution in [0.5, 0.6) is 0 Å². The van der Waals surface area contributed by atoms with Gasteiger partial charge in [-0.1, -0.05) is 53.3 Å². The fourth-order valence-electron chi connectivity index (χ4n) is 6.71. The number of pyridine rings is 1. The van der Waals surface area contributed by atoms with E-state index in [0.29, 0.717) is 0 Å². The van der Waals surface area contributed by atoms with E-state index in [4.69, 9.17) is 0 Å². The molecule has 0 saturated heterocycles. The van der Waals surface area contributed by atoms with Gasteiger partial charge in [0.1, 0.15) is 5.82 Å². The Balaban J connectivity index is 2.43. The molecule has 2 unspecified atom stereocenters. The molecule has 2 atom stereocenters. The molecule has 0 radical (unpaired) electrons. The SMILES string of the molecule is C=CC1(CC)[n+]2ccc(=CC)c3c2-c2c(ccc(F)c2C(C)(C)C=3CC)C1(C)CC. The van der Waals surface area contributed by atoms with E-state index in [9.17, 15) is 0 Å². The summed E-state index contributed by atoms with van der Waals surface area (Å²) in [6, 6.07) is 6.00. The third-order valence-corrected chi connectivity index (χ3v) is 8.47. The van der Waals surface area contributed by atoms with Crippen molar-refractivity contribution in [2.45, 2.75) is 84.1 Å². The minimum Gasteiger partial charge on any atom is -0.207 e. The van der Waals surface area contributed by atoms with Gasteiger partial charge < -0.3 is 0 Å². The lowest BCUT2D eigenvalue weighted by atomic mass is 9.56. The predicted octanol–water partition coefficient (Wildman–Crippen LogP) is 5.41.